The first-order valence-corrected chi connectivity index (χ1v) is 7.33. The van der Waals surface area contributed by atoms with Gasteiger partial charge in [0.05, 0.1) is 12.1 Å². The van der Waals surface area contributed by atoms with E-state index in [2.05, 4.69) is 15.3 Å². The SMILES string of the molecule is CCNC(C)(CCCSc1ccncn1)C(=O)OC. The predicted molar refractivity (Wildman–Crippen MR) is 76.1 cm³/mol. The molecule has 1 aromatic heterocycles. The van der Waals surface area contributed by atoms with Crippen molar-refractivity contribution in [3.8, 4) is 0 Å². The van der Waals surface area contributed by atoms with E-state index in [1.807, 2.05) is 19.9 Å². The van der Waals surface area contributed by atoms with Crippen LogP contribution >= 0.6 is 11.8 Å². The number of methoxy groups -OCH3 is 1. The highest BCUT2D eigenvalue weighted by Crippen LogP contribution is 2.20. The lowest BCUT2D eigenvalue weighted by atomic mass is 9.96. The molecule has 1 N–H and O–H groups in total. The van der Waals surface area contributed by atoms with Gasteiger partial charge in [-0.2, -0.15) is 0 Å². The number of ether oxygens (including phenoxy) is 1. The van der Waals surface area contributed by atoms with Gasteiger partial charge < -0.3 is 10.1 Å². The number of aromatic nitrogens is 2. The maximum absolute atomic E-state index is 11.8. The average molecular weight is 283 g/mol. The molecule has 0 bridgehead atoms. The quantitative estimate of drug-likeness (QED) is 0.340. The molecular weight excluding hydrogens is 262 g/mol. The monoisotopic (exact) mass is 283 g/mol. The van der Waals surface area contributed by atoms with Crippen molar-refractivity contribution in [1.82, 2.24) is 15.3 Å². The summed E-state index contributed by atoms with van der Waals surface area (Å²) < 4.78 is 4.85. The first kappa shape index (κ1) is 15.9. The van der Waals surface area contributed by atoms with Gasteiger partial charge in [-0.3, -0.25) is 4.79 Å². The van der Waals surface area contributed by atoms with Crippen molar-refractivity contribution in [2.24, 2.45) is 0 Å². The van der Waals surface area contributed by atoms with E-state index in [-0.39, 0.29) is 5.97 Å². The first-order valence-electron chi connectivity index (χ1n) is 6.34. The number of likely N-dealkylation sites (N-methyl/N-ethyl adjacent to an activating group) is 1. The fourth-order valence-corrected chi connectivity index (χ4v) is 2.62. The van der Waals surface area contributed by atoms with Gasteiger partial charge in [0, 0.05) is 6.20 Å². The van der Waals surface area contributed by atoms with Crippen molar-refractivity contribution in [2.45, 2.75) is 37.3 Å². The van der Waals surface area contributed by atoms with Crippen molar-refractivity contribution in [1.29, 1.82) is 0 Å². The summed E-state index contributed by atoms with van der Waals surface area (Å²) in [6.45, 7) is 4.61. The zero-order valence-electron chi connectivity index (χ0n) is 11.7. The Hall–Kier alpha value is -1.14. The molecule has 1 atom stereocenters. The van der Waals surface area contributed by atoms with Crippen molar-refractivity contribution >= 4 is 17.7 Å². The molecule has 5 nitrogen and oxygen atoms in total. The van der Waals surface area contributed by atoms with E-state index in [4.69, 9.17) is 4.74 Å². The number of esters is 1. The highest BCUT2D eigenvalue weighted by Gasteiger charge is 2.32. The van der Waals surface area contributed by atoms with E-state index in [0.717, 1.165) is 30.2 Å². The Morgan fingerprint density at radius 3 is 2.95 bits per heavy atom. The minimum Gasteiger partial charge on any atom is -0.468 e. The van der Waals surface area contributed by atoms with Gasteiger partial charge in [-0.15, -0.1) is 11.8 Å². The molecular formula is C13H21N3O2S. The summed E-state index contributed by atoms with van der Waals surface area (Å²) in [6, 6.07) is 1.88. The third-order valence-corrected chi connectivity index (χ3v) is 3.86. The number of nitrogens with one attached hydrogen (secondary N) is 1. The fourth-order valence-electron chi connectivity index (χ4n) is 1.84. The Morgan fingerprint density at radius 2 is 2.37 bits per heavy atom. The summed E-state index contributed by atoms with van der Waals surface area (Å²) in [6.07, 6.45) is 4.92. The van der Waals surface area contributed by atoms with Crippen LogP contribution < -0.4 is 5.32 Å². The number of carbonyl (C=O) groups is 1. The van der Waals surface area contributed by atoms with Gasteiger partial charge in [0.2, 0.25) is 0 Å². The molecule has 1 unspecified atom stereocenters. The molecule has 6 heteroatoms. The van der Waals surface area contributed by atoms with Crippen LogP contribution in [0.2, 0.25) is 0 Å². The molecule has 0 saturated carbocycles. The molecule has 0 spiro atoms. The Balaban J connectivity index is 2.38. The largest absolute Gasteiger partial charge is 0.468 e. The van der Waals surface area contributed by atoms with Gasteiger partial charge in [-0.1, -0.05) is 6.92 Å². The van der Waals surface area contributed by atoms with Crippen LogP contribution in [-0.2, 0) is 9.53 Å². The van der Waals surface area contributed by atoms with Crippen molar-refractivity contribution in [3.63, 3.8) is 0 Å². The van der Waals surface area contributed by atoms with Gasteiger partial charge in [0.15, 0.2) is 0 Å². The molecule has 1 rings (SSSR count). The fraction of sp³-hybridized carbons (Fsp3) is 0.615. The number of nitrogens with zero attached hydrogens (tertiary/aromatic N) is 2. The van der Waals surface area contributed by atoms with E-state index in [1.165, 1.54) is 7.11 Å². The van der Waals surface area contributed by atoms with Crippen LogP contribution in [0.25, 0.3) is 0 Å². The minimum atomic E-state index is -0.601. The minimum absolute atomic E-state index is 0.207. The van der Waals surface area contributed by atoms with Gasteiger partial charge in [0.25, 0.3) is 0 Å². The van der Waals surface area contributed by atoms with Gasteiger partial charge in [0.1, 0.15) is 11.9 Å². The summed E-state index contributed by atoms with van der Waals surface area (Å²) in [4.78, 5) is 19.8. The predicted octanol–water partition coefficient (Wildman–Crippen LogP) is 1.89. The van der Waals surface area contributed by atoms with E-state index in [9.17, 15) is 4.79 Å². The zero-order valence-corrected chi connectivity index (χ0v) is 12.5. The lowest BCUT2D eigenvalue weighted by molar-refractivity contribution is -0.148. The molecule has 0 aliphatic carbocycles. The van der Waals surface area contributed by atoms with Crippen LogP contribution in [0.4, 0.5) is 0 Å². The second-order valence-corrected chi connectivity index (χ2v) is 5.47. The van der Waals surface area contributed by atoms with Gasteiger partial charge >= 0.3 is 5.97 Å². The molecule has 1 heterocycles. The number of thioether (sulfide) groups is 1. The Morgan fingerprint density at radius 1 is 1.58 bits per heavy atom. The zero-order chi connectivity index (χ0) is 14.1. The van der Waals surface area contributed by atoms with E-state index in [1.54, 1.807) is 24.3 Å². The topological polar surface area (TPSA) is 64.1 Å². The van der Waals surface area contributed by atoms with Crippen LogP contribution in [0.5, 0.6) is 0 Å². The number of hydrogen-bond donors (Lipinski definition) is 1. The molecule has 1 aromatic rings. The molecule has 0 aliphatic rings. The summed E-state index contributed by atoms with van der Waals surface area (Å²) in [5, 5.41) is 4.16. The average Bonchev–Trinajstić information content (AvgIpc) is 2.44. The summed E-state index contributed by atoms with van der Waals surface area (Å²) in [5.41, 5.74) is -0.601. The highest BCUT2D eigenvalue weighted by molar-refractivity contribution is 7.99. The molecule has 19 heavy (non-hydrogen) atoms. The Labute approximate surface area is 118 Å². The number of carbonyl (C=O) groups excluding carboxylic acids is 1. The summed E-state index contributed by atoms with van der Waals surface area (Å²) in [7, 11) is 1.42. The van der Waals surface area contributed by atoms with Crippen molar-refractivity contribution < 1.29 is 9.53 Å². The lowest BCUT2D eigenvalue weighted by Crippen LogP contribution is -2.50. The van der Waals surface area contributed by atoms with Crippen LogP contribution in [0.1, 0.15) is 26.7 Å². The van der Waals surface area contributed by atoms with Crippen LogP contribution in [-0.4, -0.2) is 40.9 Å². The second kappa shape index (κ2) is 8.12. The highest BCUT2D eigenvalue weighted by atomic mass is 32.2. The third kappa shape index (κ3) is 5.16. The van der Waals surface area contributed by atoms with E-state index < -0.39 is 5.54 Å². The second-order valence-electron chi connectivity index (χ2n) is 4.35. The van der Waals surface area contributed by atoms with Crippen LogP contribution in [0.3, 0.4) is 0 Å². The van der Waals surface area contributed by atoms with Gasteiger partial charge in [-0.25, -0.2) is 9.97 Å². The molecule has 0 aromatic carbocycles. The summed E-state index contributed by atoms with van der Waals surface area (Å²) in [5.74, 6) is 0.705. The van der Waals surface area contributed by atoms with Crippen LogP contribution in [0.15, 0.2) is 23.6 Å². The molecule has 0 radical (unpaired) electrons. The van der Waals surface area contributed by atoms with E-state index >= 15 is 0 Å². The van der Waals surface area contributed by atoms with Gasteiger partial charge in [-0.05, 0) is 38.1 Å². The smallest absolute Gasteiger partial charge is 0.325 e. The molecule has 0 saturated heterocycles. The maximum atomic E-state index is 11.8. The molecule has 106 valence electrons. The lowest BCUT2D eigenvalue weighted by Gasteiger charge is -2.27. The first-order chi connectivity index (χ1) is 9.12. The van der Waals surface area contributed by atoms with Crippen molar-refractivity contribution in [3.05, 3.63) is 18.6 Å². The molecule has 0 aliphatic heterocycles. The molecule has 0 fully saturated rings. The standard InChI is InChI=1S/C13H21N3O2S/c1-4-16-13(2,12(17)18-3)7-5-9-19-11-6-8-14-10-15-11/h6,8,10,16H,4-5,7,9H2,1-3H3. The Kier molecular flexibility index (Phi) is 6.80. The van der Waals surface area contributed by atoms with Crippen LogP contribution in [0, 0.1) is 0 Å². The number of hydrogen-bond acceptors (Lipinski definition) is 6. The normalized spacial score (nSPS) is 13.8. The summed E-state index contributed by atoms with van der Waals surface area (Å²) >= 11 is 1.67. The van der Waals surface area contributed by atoms with Crippen molar-refractivity contribution in [2.75, 3.05) is 19.4 Å². The number of rotatable bonds is 8. The maximum Gasteiger partial charge on any atom is 0.325 e. The molecule has 0 amide bonds. The Bertz CT molecular complexity index is 389. The van der Waals surface area contributed by atoms with E-state index in [0.29, 0.717) is 0 Å². The third-order valence-electron chi connectivity index (χ3n) is 2.83.